The third kappa shape index (κ3) is 6.24. The average Bonchev–Trinajstić information content (AvgIpc) is 3.70. The lowest BCUT2D eigenvalue weighted by atomic mass is 9.97. The van der Waals surface area contributed by atoms with E-state index in [0.29, 0.717) is 63.7 Å². The molecule has 0 saturated carbocycles. The third-order valence-electron chi connectivity index (χ3n) is 10.0. The molecule has 0 radical (unpaired) electrons. The highest BCUT2D eigenvalue weighted by molar-refractivity contribution is 5.93. The number of halogens is 2. The summed E-state index contributed by atoms with van der Waals surface area (Å²) in [5, 5.41) is 19.0. The Balaban J connectivity index is 1.13. The van der Waals surface area contributed by atoms with Gasteiger partial charge < -0.3 is 24.3 Å². The number of alkyl halides is 2. The van der Waals surface area contributed by atoms with Gasteiger partial charge in [-0.1, -0.05) is 12.1 Å². The number of ether oxygens (including phenoxy) is 1. The fourth-order valence-electron chi connectivity index (χ4n) is 7.47. The molecule has 1 N–H and O–H groups in total. The number of hydrogen-bond donors (Lipinski definition) is 1. The zero-order valence-corrected chi connectivity index (χ0v) is 27.0. The molecule has 0 aliphatic carbocycles. The Bertz CT molecular complexity index is 1720. The molecule has 1 aromatic carbocycles. The van der Waals surface area contributed by atoms with Crippen LogP contribution in [0.3, 0.4) is 0 Å². The number of H-pyrrole nitrogens is 1. The minimum atomic E-state index is -2.62. The molecule has 7 rings (SSSR count). The van der Waals surface area contributed by atoms with Crippen LogP contribution in [-0.2, 0) is 17.8 Å². The van der Waals surface area contributed by atoms with Gasteiger partial charge in [-0.2, -0.15) is 10.4 Å². The number of fused-ring (bicyclic) bond motifs is 2. The van der Waals surface area contributed by atoms with Crippen LogP contribution in [0.2, 0.25) is 0 Å². The van der Waals surface area contributed by atoms with Crippen molar-refractivity contribution in [1.29, 1.82) is 5.26 Å². The molecule has 2 aromatic heterocycles. The average molecular weight is 646 g/mol. The molecule has 0 bridgehead atoms. The number of nitrogens with zero attached hydrogens (tertiary/aromatic N) is 8. The van der Waals surface area contributed by atoms with Crippen molar-refractivity contribution in [2.24, 2.45) is 0 Å². The van der Waals surface area contributed by atoms with Gasteiger partial charge in [0.05, 0.1) is 48.4 Å². The highest BCUT2D eigenvalue weighted by atomic mass is 19.3. The molecular formula is C34H41F2N9O2. The van der Waals surface area contributed by atoms with Gasteiger partial charge in [0.15, 0.2) is 0 Å². The number of amides is 1. The minimum absolute atomic E-state index is 0.127. The molecule has 3 saturated heterocycles. The number of benzene rings is 1. The molecule has 1 atom stereocenters. The SMILES string of the molecule is Cc1ccc2[nH]ncc2c1N1CCc2c(nc(OCC3CCCN3C)c(C#N)c2N2CCN(C(=O)C=CCN3CC(F)(F)C3)CC2)C1. The summed E-state index contributed by atoms with van der Waals surface area (Å²) >= 11 is 0. The van der Waals surface area contributed by atoms with Crippen LogP contribution in [0.25, 0.3) is 10.9 Å². The van der Waals surface area contributed by atoms with Crippen molar-refractivity contribution in [2.45, 2.75) is 44.7 Å². The van der Waals surface area contributed by atoms with Crippen LogP contribution in [0.5, 0.6) is 5.88 Å². The van der Waals surface area contributed by atoms with Crippen LogP contribution < -0.4 is 14.5 Å². The minimum Gasteiger partial charge on any atom is -0.475 e. The number of nitriles is 1. The fourth-order valence-corrected chi connectivity index (χ4v) is 7.47. The second-order valence-corrected chi connectivity index (χ2v) is 13.2. The molecule has 4 aliphatic heterocycles. The summed E-state index contributed by atoms with van der Waals surface area (Å²) in [6.07, 6.45) is 7.91. The van der Waals surface area contributed by atoms with Gasteiger partial charge in [-0.3, -0.25) is 14.8 Å². The number of carbonyl (C=O) groups excluding carboxylic acids is 1. The summed E-state index contributed by atoms with van der Waals surface area (Å²) in [5.74, 6) is -2.37. The Morgan fingerprint density at radius 2 is 1.96 bits per heavy atom. The summed E-state index contributed by atoms with van der Waals surface area (Å²) in [7, 11) is 2.11. The smallest absolute Gasteiger partial charge is 0.272 e. The fraction of sp³-hybridized carbons (Fsp3) is 0.529. The number of aryl methyl sites for hydroxylation is 1. The molecule has 0 spiro atoms. The zero-order valence-electron chi connectivity index (χ0n) is 27.0. The Morgan fingerprint density at radius 3 is 2.68 bits per heavy atom. The number of likely N-dealkylation sites (tertiary alicyclic amines) is 2. The van der Waals surface area contributed by atoms with Crippen molar-refractivity contribution < 1.29 is 18.3 Å². The van der Waals surface area contributed by atoms with Crippen molar-refractivity contribution in [3.05, 3.63) is 52.9 Å². The van der Waals surface area contributed by atoms with Crippen molar-refractivity contribution in [2.75, 3.05) is 82.4 Å². The number of anilines is 2. The Morgan fingerprint density at radius 1 is 1.15 bits per heavy atom. The summed E-state index contributed by atoms with van der Waals surface area (Å²) in [6.45, 7) is 6.86. The van der Waals surface area contributed by atoms with Crippen LogP contribution >= 0.6 is 0 Å². The Hall–Kier alpha value is -4.28. The second-order valence-electron chi connectivity index (χ2n) is 13.2. The molecule has 13 heteroatoms. The van der Waals surface area contributed by atoms with Gasteiger partial charge in [0, 0.05) is 62.3 Å². The Kier molecular flexibility index (Phi) is 8.48. The van der Waals surface area contributed by atoms with Gasteiger partial charge >= 0.3 is 0 Å². The maximum Gasteiger partial charge on any atom is 0.272 e. The monoisotopic (exact) mass is 645 g/mol. The number of carbonyl (C=O) groups is 1. The van der Waals surface area contributed by atoms with Gasteiger partial charge in [-0.15, -0.1) is 0 Å². The molecular weight excluding hydrogens is 604 g/mol. The van der Waals surface area contributed by atoms with E-state index in [1.807, 2.05) is 12.3 Å². The van der Waals surface area contributed by atoms with Gasteiger partial charge in [-0.25, -0.2) is 13.8 Å². The molecule has 6 heterocycles. The zero-order chi connectivity index (χ0) is 32.7. The standard InChI is InChI=1S/C34H41F2N9O2/c1-23-7-8-28-27(18-38-40-28)31(23)45-12-9-25-29(19-45)39-33(47-20-24-5-3-10-41(24)2)26(17-37)32(25)44-15-13-43(14-16-44)30(46)6-4-11-42-21-34(35,36)22-42/h4,6-8,18,24H,3,5,9-16,19-22H2,1-2H3,(H,38,40). The number of aromatic amines is 1. The van der Waals surface area contributed by atoms with E-state index in [-0.39, 0.29) is 25.0 Å². The summed E-state index contributed by atoms with van der Waals surface area (Å²) in [5.41, 5.74) is 6.56. The molecule has 4 aliphatic rings. The third-order valence-corrected chi connectivity index (χ3v) is 10.0. The first kappa shape index (κ1) is 31.3. The summed E-state index contributed by atoms with van der Waals surface area (Å²) < 4.78 is 32.6. The predicted octanol–water partition coefficient (Wildman–Crippen LogP) is 3.33. The van der Waals surface area contributed by atoms with E-state index in [2.05, 4.69) is 51.0 Å². The van der Waals surface area contributed by atoms with Gasteiger partial charge in [-0.05, 0) is 51.4 Å². The Labute approximate surface area is 273 Å². The number of hydrogen-bond acceptors (Lipinski definition) is 9. The first-order chi connectivity index (χ1) is 22.7. The van der Waals surface area contributed by atoms with Crippen molar-refractivity contribution >= 4 is 28.2 Å². The van der Waals surface area contributed by atoms with E-state index in [4.69, 9.17) is 9.72 Å². The van der Waals surface area contributed by atoms with E-state index in [1.165, 1.54) is 6.08 Å². The largest absolute Gasteiger partial charge is 0.475 e. The van der Waals surface area contributed by atoms with E-state index in [1.54, 1.807) is 15.9 Å². The van der Waals surface area contributed by atoms with E-state index < -0.39 is 5.92 Å². The topological polar surface area (TPSA) is 108 Å². The normalized spacial score (nSPS) is 21.7. The summed E-state index contributed by atoms with van der Waals surface area (Å²) in [6, 6.07) is 6.88. The first-order valence-electron chi connectivity index (χ1n) is 16.5. The van der Waals surface area contributed by atoms with Crippen LogP contribution in [0.4, 0.5) is 20.2 Å². The van der Waals surface area contributed by atoms with Gasteiger partial charge in [0.2, 0.25) is 11.8 Å². The second kappa shape index (κ2) is 12.7. The molecule has 11 nitrogen and oxygen atoms in total. The van der Waals surface area contributed by atoms with Crippen molar-refractivity contribution in [3.8, 4) is 11.9 Å². The number of rotatable bonds is 8. The quantitative estimate of drug-likeness (QED) is 0.369. The highest BCUT2D eigenvalue weighted by Crippen LogP contribution is 2.40. The van der Waals surface area contributed by atoms with Crippen LogP contribution in [-0.4, -0.2) is 120 Å². The first-order valence-corrected chi connectivity index (χ1v) is 16.5. The lowest BCUT2D eigenvalue weighted by molar-refractivity contribution is -0.127. The van der Waals surface area contributed by atoms with E-state index in [9.17, 15) is 18.8 Å². The molecule has 3 aromatic rings. The highest BCUT2D eigenvalue weighted by Gasteiger charge is 2.43. The molecule has 47 heavy (non-hydrogen) atoms. The van der Waals surface area contributed by atoms with Crippen LogP contribution in [0.15, 0.2) is 30.5 Å². The number of likely N-dealkylation sites (N-methyl/N-ethyl adjacent to an activating group) is 1. The number of aromatic nitrogens is 3. The van der Waals surface area contributed by atoms with E-state index >= 15 is 0 Å². The van der Waals surface area contributed by atoms with Crippen molar-refractivity contribution in [3.63, 3.8) is 0 Å². The number of nitrogens with one attached hydrogen (secondary N) is 1. The lowest BCUT2D eigenvalue weighted by Gasteiger charge is -2.39. The number of piperazine rings is 1. The summed E-state index contributed by atoms with van der Waals surface area (Å²) in [4.78, 5) is 28.2. The van der Waals surface area contributed by atoms with E-state index in [0.717, 1.165) is 65.0 Å². The maximum atomic E-state index is 13.1. The molecule has 1 unspecified atom stereocenters. The molecule has 1 amide bonds. The van der Waals surface area contributed by atoms with Gasteiger partial charge in [0.1, 0.15) is 18.2 Å². The molecule has 3 fully saturated rings. The molecule has 248 valence electrons. The van der Waals surface area contributed by atoms with Crippen molar-refractivity contribution in [1.82, 2.24) is 29.9 Å². The van der Waals surface area contributed by atoms with Crippen LogP contribution in [0.1, 0.15) is 35.2 Å². The predicted molar refractivity (Wildman–Crippen MR) is 175 cm³/mol. The van der Waals surface area contributed by atoms with Crippen LogP contribution in [0, 0.1) is 18.3 Å². The maximum absolute atomic E-state index is 13.1. The lowest BCUT2D eigenvalue weighted by Crippen LogP contribution is -2.55. The number of pyridine rings is 1. The van der Waals surface area contributed by atoms with Gasteiger partial charge in [0.25, 0.3) is 5.92 Å².